The van der Waals surface area contributed by atoms with Crippen molar-refractivity contribution in [3.8, 4) is 21.0 Å². The maximum atomic E-state index is 12.5. The zero-order chi connectivity index (χ0) is 20.8. The van der Waals surface area contributed by atoms with Crippen LogP contribution in [0.3, 0.4) is 0 Å². The second-order valence-corrected chi connectivity index (χ2v) is 8.80. The summed E-state index contributed by atoms with van der Waals surface area (Å²) in [5.41, 5.74) is 4.40. The van der Waals surface area contributed by atoms with Gasteiger partial charge in [0.15, 0.2) is 0 Å². The summed E-state index contributed by atoms with van der Waals surface area (Å²) in [6.45, 7) is 8.48. The lowest BCUT2D eigenvalue weighted by Crippen LogP contribution is -2.14. The summed E-state index contributed by atoms with van der Waals surface area (Å²) in [4.78, 5) is 18.6. The molecular weight excluding hydrogens is 420 g/mol. The third-order valence-corrected chi connectivity index (χ3v) is 6.89. The number of thiophene rings is 1. The Morgan fingerprint density at radius 1 is 1.17 bits per heavy atom. The molecule has 0 radical (unpaired) electrons. The van der Waals surface area contributed by atoms with Crippen molar-refractivity contribution < 1.29 is 6.22 Å². The lowest BCUT2D eigenvalue weighted by molar-refractivity contribution is -0.112. The molecule has 0 atom stereocenters. The topological polar surface area (TPSA) is 66.7 Å². The second kappa shape index (κ2) is 9.96. The van der Waals surface area contributed by atoms with Crippen molar-refractivity contribution in [2.45, 2.75) is 27.7 Å². The van der Waals surface area contributed by atoms with Crippen molar-refractivity contribution in [3.05, 3.63) is 58.0 Å². The zero-order valence-corrected chi connectivity index (χ0v) is 19.2. The van der Waals surface area contributed by atoms with Gasteiger partial charge in [-0.15, -0.1) is 27.2 Å². The van der Waals surface area contributed by atoms with Gasteiger partial charge in [-0.1, -0.05) is 26.0 Å². The molecule has 2 aromatic heterocycles. The monoisotopic (exact) mass is 444 g/mol. The minimum absolute atomic E-state index is 0. The highest BCUT2D eigenvalue weighted by Crippen LogP contribution is 2.37. The van der Waals surface area contributed by atoms with Crippen molar-refractivity contribution in [1.82, 2.24) is 4.98 Å². The summed E-state index contributed by atoms with van der Waals surface area (Å²) < 4.78 is 3.89. The summed E-state index contributed by atoms with van der Waals surface area (Å²) in [6, 6.07) is 10.4. The van der Waals surface area contributed by atoms with E-state index in [1.807, 2.05) is 44.5 Å². The Labute approximate surface area is 184 Å². The average molecular weight is 445 g/mol. The first kappa shape index (κ1) is 21.4. The molecule has 5 nitrogen and oxygen atoms in total. The van der Waals surface area contributed by atoms with E-state index >= 15 is 0 Å². The van der Waals surface area contributed by atoms with Gasteiger partial charge in [-0.3, -0.25) is 4.79 Å². The van der Waals surface area contributed by atoms with E-state index in [2.05, 4.69) is 45.1 Å². The van der Waals surface area contributed by atoms with E-state index in [4.69, 9.17) is 0 Å². The number of anilines is 1. The largest absolute Gasteiger partial charge is 0.313 e. The molecular formula is C21H24N4OS3. The number of nitrogens with zero attached hydrogens (tertiary/aromatic N) is 3. The molecule has 1 amide bonds. The summed E-state index contributed by atoms with van der Waals surface area (Å²) in [7, 11) is 0. The van der Waals surface area contributed by atoms with Crippen LogP contribution in [0.1, 0.15) is 27.8 Å². The Kier molecular flexibility index (Phi) is 7.35. The molecule has 0 saturated heterocycles. The van der Waals surface area contributed by atoms with E-state index in [1.165, 1.54) is 5.56 Å². The van der Waals surface area contributed by atoms with Crippen LogP contribution in [0.15, 0.2) is 62.0 Å². The van der Waals surface area contributed by atoms with E-state index in [0.29, 0.717) is 11.4 Å². The molecule has 0 bridgehead atoms. The van der Waals surface area contributed by atoms with Crippen LogP contribution in [-0.4, -0.2) is 17.4 Å². The number of aromatic nitrogens is 1. The van der Waals surface area contributed by atoms with Gasteiger partial charge in [0.2, 0.25) is 0 Å². The third kappa shape index (κ3) is 5.01. The Hall–Kier alpha value is -2.29. The fourth-order valence-electron chi connectivity index (χ4n) is 2.69. The van der Waals surface area contributed by atoms with Crippen LogP contribution < -0.4 is 5.32 Å². The van der Waals surface area contributed by atoms with Crippen molar-refractivity contribution in [2.24, 2.45) is 9.63 Å². The highest BCUT2D eigenvalue weighted by atomic mass is 32.2. The van der Waals surface area contributed by atoms with E-state index in [1.54, 1.807) is 22.7 Å². The van der Waals surface area contributed by atoms with Gasteiger partial charge in [-0.25, -0.2) is 4.98 Å². The number of carbonyl (C=O) groups is 1. The molecule has 0 unspecified atom stereocenters. The number of amides is 1. The third-order valence-electron chi connectivity index (χ3n) is 4.12. The smallest absolute Gasteiger partial charge is 0.264 e. The molecule has 3 heterocycles. The first-order valence-electron chi connectivity index (χ1n) is 9.27. The normalized spacial score (nSPS) is 13.1. The maximum Gasteiger partial charge on any atom is 0.264 e. The standard InChI is InChI=1S/C19H16N4OS3.C2H6.H2/c1-11-3-4-13(19-20-7-8-25-19)9-14(11)15-5-6-16(26-15)22-18(24)17-12(2)10-21-23-27-17;1-2;/h3-9H,10H2,1-2H3,(H,22,24);1-2H3;1H. The van der Waals surface area contributed by atoms with Crippen LogP contribution >= 0.6 is 34.6 Å². The quantitative estimate of drug-likeness (QED) is 0.425. The summed E-state index contributed by atoms with van der Waals surface area (Å²) >= 11 is 4.32. The SMILES string of the molecule is CC.CC1=C(C(=O)Nc2ccc(-c3cc(-c4nccs4)ccc3C)s2)SN=NC1.[HH]. The van der Waals surface area contributed by atoms with Crippen molar-refractivity contribution in [2.75, 3.05) is 11.9 Å². The lowest BCUT2D eigenvalue weighted by Gasteiger charge is -2.10. The van der Waals surface area contributed by atoms with Gasteiger partial charge >= 0.3 is 0 Å². The van der Waals surface area contributed by atoms with Gasteiger partial charge in [0.05, 0.1) is 16.5 Å². The van der Waals surface area contributed by atoms with Gasteiger partial charge in [0.25, 0.3) is 5.91 Å². The molecule has 152 valence electrons. The van der Waals surface area contributed by atoms with Crippen molar-refractivity contribution in [1.29, 1.82) is 0 Å². The predicted molar refractivity (Wildman–Crippen MR) is 128 cm³/mol. The minimum Gasteiger partial charge on any atom is -0.313 e. The lowest BCUT2D eigenvalue weighted by atomic mass is 10.0. The molecule has 0 fully saturated rings. The van der Waals surface area contributed by atoms with Crippen LogP contribution in [0.5, 0.6) is 0 Å². The molecule has 1 N–H and O–H groups in total. The summed E-state index contributed by atoms with van der Waals surface area (Å²) in [6.07, 6.45) is 1.82. The molecule has 0 spiro atoms. The van der Waals surface area contributed by atoms with Gasteiger partial charge in [-0.05, 0) is 48.7 Å². The predicted octanol–water partition coefficient (Wildman–Crippen LogP) is 7.45. The first-order valence-corrected chi connectivity index (χ1v) is 11.7. The summed E-state index contributed by atoms with van der Waals surface area (Å²) in [5, 5.41) is 10.7. The molecule has 1 aromatic carbocycles. The number of hydrogen-bond donors (Lipinski definition) is 1. The van der Waals surface area contributed by atoms with Crippen molar-refractivity contribution in [3.63, 3.8) is 0 Å². The highest BCUT2D eigenvalue weighted by Gasteiger charge is 2.18. The average Bonchev–Trinajstić information content (AvgIpc) is 3.43. The molecule has 0 saturated carbocycles. The zero-order valence-electron chi connectivity index (χ0n) is 16.7. The Morgan fingerprint density at radius 2 is 2.00 bits per heavy atom. The van der Waals surface area contributed by atoms with Gasteiger partial charge in [0.1, 0.15) is 5.01 Å². The number of rotatable bonds is 4. The van der Waals surface area contributed by atoms with Crippen LogP contribution in [-0.2, 0) is 4.79 Å². The maximum absolute atomic E-state index is 12.5. The number of thiazole rings is 1. The van der Waals surface area contributed by atoms with Crippen LogP contribution in [0.25, 0.3) is 21.0 Å². The van der Waals surface area contributed by atoms with Crippen LogP contribution in [0.2, 0.25) is 0 Å². The van der Waals surface area contributed by atoms with Gasteiger partial charge in [0, 0.05) is 35.4 Å². The fraction of sp³-hybridized carbons (Fsp3) is 0.238. The Bertz CT molecular complexity index is 1060. The van der Waals surface area contributed by atoms with Gasteiger partial charge < -0.3 is 5.32 Å². The van der Waals surface area contributed by atoms with E-state index < -0.39 is 0 Å². The molecule has 4 rings (SSSR count). The number of benzene rings is 1. The van der Waals surface area contributed by atoms with Crippen LogP contribution in [0, 0.1) is 6.92 Å². The second-order valence-electron chi connectivity index (χ2n) is 6.07. The fourth-order valence-corrected chi connectivity index (χ4v) is 4.86. The van der Waals surface area contributed by atoms with Gasteiger partial charge in [-0.2, -0.15) is 5.11 Å². The van der Waals surface area contributed by atoms with Crippen molar-refractivity contribution >= 4 is 45.5 Å². The first-order chi connectivity index (χ1) is 14.1. The van der Waals surface area contributed by atoms with E-state index in [0.717, 1.165) is 43.5 Å². The number of nitrogens with one attached hydrogen (secondary N) is 1. The molecule has 29 heavy (non-hydrogen) atoms. The van der Waals surface area contributed by atoms with Crippen LogP contribution in [0.4, 0.5) is 5.00 Å². The minimum atomic E-state index is -0.127. The molecule has 1 aliphatic rings. The number of aryl methyl sites for hydroxylation is 1. The van der Waals surface area contributed by atoms with E-state index in [-0.39, 0.29) is 7.33 Å². The molecule has 3 aromatic rings. The Morgan fingerprint density at radius 3 is 2.72 bits per heavy atom. The van der Waals surface area contributed by atoms with E-state index in [9.17, 15) is 4.79 Å². The molecule has 0 aliphatic carbocycles. The Balaban J connectivity index is 0.00000104. The summed E-state index contributed by atoms with van der Waals surface area (Å²) in [5.74, 6) is -0.127. The number of hydrogen-bond acceptors (Lipinski definition) is 7. The number of carbonyl (C=O) groups excluding carboxylic acids is 1. The molecule has 1 aliphatic heterocycles. The highest BCUT2D eigenvalue weighted by molar-refractivity contribution is 8.02. The molecule has 8 heteroatoms.